The van der Waals surface area contributed by atoms with Gasteiger partial charge in [0.1, 0.15) is 0 Å². The molecule has 1 N–H and O–H groups in total. The van der Waals surface area contributed by atoms with Gasteiger partial charge in [-0.2, -0.15) is 0 Å². The van der Waals surface area contributed by atoms with Crippen molar-refractivity contribution in [1.29, 1.82) is 0 Å². The third-order valence-corrected chi connectivity index (χ3v) is 2.89. The Kier molecular flexibility index (Phi) is 4.33. The number of benzene rings is 1. The maximum atomic E-state index is 10.6. The first-order chi connectivity index (χ1) is 7.00. The fraction of sp³-hybridized carbons (Fsp3) is 0.417. The van der Waals surface area contributed by atoms with E-state index in [1.807, 2.05) is 0 Å². The van der Waals surface area contributed by atoms with E-state index in [4.69, 9.17) is 0 Å². The van der Waals surface area contributed by atoms with E-state index in [0.29, 0.717) is 6.54 Å². The summed E-state index contributed by atoms with van der Waals surface area (Å²) in [5, 5.41) is 2.73. The Labute approximate surface area is 99.2 Å². The minimum Gasteiger partial charge on any atom is -0.346 e. The van der Waals surface area contributed by atoms with E-state index in [1.54, 1.807) is 0 Å². The van der Waals surface area contributed by atoms with E-state index >= 15 is 0 Å². The van der Waals surface area contributed by atoms with Crippen LogP contribution < -0.4 is 5.32 Å². The van der Waals surface area contributed by atoms with Crippen LogP contribution in [0, 0.1) is 20.8 Å². The fourth-order valence-electron chi connectivity index (χ4n) is 1.59. The van der Waals surface area contributed by atoms with E-state index in [-0.39, 0.29) is 4.82 Å². The third kappa shape index (κ3) is 3.67. The van der Waals surface area contributed by atoms with Crippen molar-refractivity contribution in [3.8, 4) is 0 Å². The summed E-state index contributed by atoms with van der Waals surface area (Å²) < 4.78 is 0. The lowest BCUT2D eigenvalue weighted by molar-refractivity contribution is 0.262. The highest BCUT2D eigenvalue weighted by molar-refractivity contribution is 9.18. The topological polar surface area (TPSA) is 29.1 Å². The smallest absolute Gasteiger partial charge is 0.287 e. The van der Waals surface area contributed by atoms with Gasteiger partial charge < -0.3 is 5.32 Å². The summed E-state index contributed by atoms with van der Waals surface area (Å²) in [6.45, 7) is 7.01. The highest BCUT2D eigenvalue weighted by Crippen LogP contribution is 2.15. The molecule has 2 nitrogen and oxygen atoms in total. The molecule has 15 heavy (non-hydrogen) atoms. The van der Waals surface area contributed by atoms with Crippen LogP contribution in [-0.4, -0.2) is 11.4 Å². The zero-order valence-corrected chi connectivity index (χ0v) is 10.9. The highest BCUT2D eigenvalue weighted by atomic mass is 79.9. The molecular formula is C12H16BrNO. The molecule has 1 aromatic carbocycles. The molecule has 82 valence electrons. The van der Waals surface area contributed by atoms with Crippen molar-refractivity contribution in [1.82, 2.24) is 5.32 Å². The Morgan fingerprint density at radius 2 is 1.80 bits per heavy atom. The number of aryl methyl sites for hydroxylation is 3. The molecule has 0 unspecified atom stereocenters. The number of hydrogen-bond donors (Lipinski definition) is 1. The molecule has 0 saturated carbocycles. The van der Waals surface area contributed by atoms with Crippen LogP contribution in [0.25, 0.3) is 0 Å². The lowest BCUT2D eigenvalue weighted by atomic mass is 9.99. The molecule has 1 rings (SSSR count). The van der Waals surface area contributed by atoms with Gasteiger partial charge in [-0.1, -0.05) is 12.1 Å². The molecule has 0 radical (unpaired) electrons. The molecule has 1 aromatic rings. The lowest BCUT2D eigenvalue weighted by Crippen LogP contribution is -2.19. The second-order valence-electron chi connectivity index (χ2n) is 3.81. The molecule has 0 aliphatic carbocycles. The van der Waals surface area contributed by atoms with Crippen LogP contribution in [-0.2, 0) is 6.42 Å². The first kappa shape index (κ1) is 12.2. The van der Waals surface area contributed by atoms with Gasteiger partial charge in [0.05, 0.1) is 0 Å². The maximum Gasteiger partial charge on any atom is 0.287 e. The van der Waals surface area contributed by atoms with Crippen LogP contribution in [0.2, 0.25) is 0 Å². The van der Waals surface area contributed by atoms with Gasteiger partial charge in [-0.15, -0.1) is 0 Å². The van der Waals surface area contributed by atoms with E-state index in [9.17, 15) is 4.79 Å². The second kappa shape index (κ2) is 5.31. The monoisotopic (exact) mass is 269 g/mol. The Bertz CT molecular complexity index is 374. The average molecular weight is 270 g/mol. The standard InChI is InChI=1S/C12H16BrNO/c1-8-6-10(3)11(7-9(8)2)4-5-14-12(13)15/h6-7H,4-5H2,1-3H3,(H,14,15). The molecule has 0 aliphatic heterocycles. The van der Waals surface area contributed by atoms with Gasteiger partial charge in [0.15, 0.2) is 0 Å². The highest BCUT2D eigenvalue weighted by Gasteiger charge is 2.02. The maximum absolute atomic E-state index is 10.6. The molecule has 0 fully saturated rings. The van der Waals surface area contributed by atoms with Crippen molar-refractivity contribution < 1.29 is 4.79 Å². The Morgan fingerprint density at radius 3 is 2.40 bits per heavy atom. The summed E-state index contributed by atoms with van der Waals surface area (Å²) in [6, 6.07) is 4.39. The number of nitrogens with one attached hydrogen (secondary N) is 1. The number of hydrogen-bond acceptors (Lipinski definition) is 1. The summed E-state index contributed by atoms with van der Waals surface area (Å²) in [4.78, 5) is 10.5. The number of halogens is 1. The van der Waals surface area contributed by atoms with Gasteiger partial charge in [-0.3, -0.25) is 4.79 Å². The molecule has 0 spiro atoms. The summed E-state index contributed by atoms with van der Waals surface area (Å²) in [5.41, 5.74) is 5.22. The van der Waals surface area contributed by atoms with Crippen LogP contribution in [0.4, 0.5) is 4.79 Å². The zero-order chi connectivity index (χ0) is 11.4. The molecule has 0 bridgehead atoms. The second-order valence-corrected chi connectivity index (χ2v) is 4.53. The average Bonchev–Trinajstić information content (AvgIpc) is 2.13. The summed E-state index contributed by atoms with van der Waals surface area (Å²) >= 11 is 2.84. The summed E-state index contributed by atoms with van der Waals surface area (Å²) in [7, 11) is 0. The van der Waals surface area contributed by atoms with Crippen LogP contribution in [0.3, 0.4) is 0 Å². The molecule has 3 heteroatoms. The van der Waals surface area contributed by atoms with Gasteiger partial charge in [0.25, 0.3) is 4.82 Å². The lowest BCUT2D eigenvalue weighted by Gasteiger charge is -2.09. The third-order valence-electron chi connectivity index (χ3n) is 2.61. The minimum absolute atomic E-state index is 0.149. The Hall–Kier alpha value is -0.830. The Morgan fingerprint density at radius 1 is 1.20 bits per heavy atom. The number of carbonyl (C=O) groups is 1. The predicted molar refractivity (Wildman–Crippen MR) is 66.7 cm³/mol. The number of amides is 1. The largest absolute Gasteiger partial charge is 0.346 e. The quantitative estimate of drug-likeness (QED) is 0.663. The zero-order valence-electron chi connectivity index (χ0n) is 9.36. The van der Waals surface area contributed by atoms with Crippen LogP contribution in [0.5, 0.6) is 0 Å². The fourth-order valence-corrected chi connectivity index (χ4v) is 1.78. The van der Waals surface area contributed by atoms with Crippen molar-refractivity contribution >= 4 is 20.7 Å². The van der Waals surface area contributed by atoms with Crippen molar-refractivity contribution in [3.05, 3.63) is 34.4 Å². The number of carbonyl (C=O) groups excluding carboxylic acids is 1. The van der Waals surface area contributed by atoms with E-state index < -0.39 is 0 Å². The predicted octanol–water partition coefficient (Wildman–Crippen LogP) is 3.26. The van der Waals surface area contributed by atoms with Gasteiger partial charge in [-0.05, 0) is 49.4 Å². The van der Waals surface area contributed by atoms with E-state index in [2.05, 4.69) is 54.2 Å². The van der Waals surface area contributed by atoms with E-state index in [1.165, 1.54) is 22.3 Å². The van der Waals surface area contributed by atoms with Crippen molar-refractivity contribution in [2.45, 2.75) is 27.2 Å². The molecule has 0 heterocycles. The first-order valence-corrected chi connectivity index (χ1v) is 5.80. The van der Waals surface area contributed by atoms with Crippen molar-refractivity contribution in [2.24, 2.45) is 0 Å². The van der Waals surface area contributed by atoms with Gasteiger partial charge in [-0.25, -0.2) is 0 Å². The molecule has 0 saturated heterocycles. The molecule has 0 aliphatic rings. The van der Waals surface area contributed by atoms with Crippen LogP contribution in [0.15, 0.2) is 12.1 Å². The molecule has 0 aromatic heterocycles. The minimum atomic E-state index is -0.149. The molecule has 0 atom stereocenters. The van der Waals surface area contributed by atoms with Gasteiger partial charge in [0.2, 0.25) is 0 Å². The Balaban J connectivity index is 2.69. The van der Waals surface area contributed by atoms with E-state index in [0.717, 1.165) is 6.42 Å². The normalized spacial score (nSPS) is 10.1. The van der Waals surface area contributed by atoms with Crippen molar-refractivity contribution in [2.75, 3.05) is 6.54 Å². The van der Waals surface area contributed by atoms with Gasteiger partial charge >= 0.3 is 0 Å². The molecular weight excluding hydrogens is 254 g/mol. The first-order valence-electron chi connectivity index (χ1n) is 5.00. The summed E-state index contributed by atoms with van der Waals surface area (Å²) in [6.07, 6.45) is 0.879. The summed E-state index contributed by atoms with van der Waals surface area (Å²) in [5.74, 6) is 0. The number of rotatable bonds is 3. The van der Waals surface area contributed by atoms with Gasteiger partial charge in [0, 0.05) is 22.5 Å². The SMILES string of the molecule is Cc1cc(C)c(CCNC(=O)Br)cc1C. The van der Waals surface area contributed by atoms with Crippen LogP contribution >= 0.6 is 15.9 Å². The van der Waals surface area contributed by atoms with Crippen LogP contribution in [0.1, 0.15) is 22.3 Å². The van der Waals surface area contributed by atoms with Crippen molar-refractivity contribution in [3.63, 3.8) is 0 Å². The molecule has 1 amide bonds.